The molecule has 0 aromatic heterocycles. The topological polar surface area (TPSA) is 175 Å². The van der Waals surface area contributed by atoms with Crippen molar-refractivity contribution >= 4 is 29.4 Å². The molecule has 0 unspecified atom stereocenters. The fourth-order valence-electron chi connectivity index (χ4n) is 5.04. The zero-order chi connectivity index (χ0) is 35.5. The van der Waals surface area contributed by atoms with E-state index in [9.17, 15) is 29.1 Å². The number of ketones is 2. The summed E-state index contributed by atoms with van der Waals surface area (Å²) in [6, 6.07) is 0. The van der Waals surface area contributed by atoms with Crippen LogP contribution in [0, 0.1) is 5.92 Å². The molecule has 0 saturated heterocycles. The molecule has 0 spiro atoms. The van der Waals surface area contributed by atoms with Gasteiger partial charge in [-0.05, 0) is 26.2 Å². The maximum atomic E-state index is 12.4. The number of aliphatic carboxylic acids is 2. The Morgan fingerprint density at radius 2 is 0.938 bits per heavy atom. The Bertz CT molecular complexity index is 837. The lowest BCUT2D eigenvalue weighted by molar-refractivity contribution is -0.144. The minimum Gasteiger partial charge on any atom is -0.481 e. The molecule has 1 amide bonds. The SMILES string of the molecule is CC(=O)CCOCCOCCOCCOCCNC(=O)CC[C@H](CC(=O)CCCCCCCCCCCCCCCCC(=O)O)C(=O)O. The highest BCUT2D eigenvalue weighted by atomic mass is 16.6. The summed E-state index contributed by atoms with van der Waals surface area (Å²) >= 11 is 0. The van der Waals surface area contributed by atoms with Crippen LogP contribution in [0.1, 0.15) is 135 Å². The molecule has 280 valence electrons. The van der Waals surface area contributed by atoms with E-state index in [0.717, 1.165) is 44.9 Å². The highest BCUT2D eigenvalue weighted by Crippen LogP contribution is 2.17. The Morgan fingerprint density at radius 3 is 1.38 bits per heavy atom. The molecule has 0 aliphatic rings. The lowest BCUT2D eigenvalue weighted by Crippen LogP contribution is -2.29. The van der Waals surface area contributed by atoms with Crippen LogP contribution in [0.5, 0.6) is 0 Å². The zero-order valence-electron chi connectivity index (χ0n) is 29.7. The minimum atomic E-state index is -1.04. The Balaban J connectivity index is 3.61. The van der Waals surface area contributed by atoms with Crippen molar-refractivity contribution in [1.29, 1.82) is 0 Å². The van der Waals surface area contributed by atoms with Crippen LogP contribution in [0.4, 0.5) is 0 Å². The monoisotopic (exact) mass is 687 g/mol. The molecule has 48 heavy (non-hydrogen) atoms. The van der Waals surface area contributed by atoms with Gasteiger partial charge in [0.1, 0.15) is 11.6 Å². The average Bonchev–Trinajstić information content (AvgIpc) is 3.04. The van der Waals surface area contributed by atoms with Crippen molar-refractivity contribution in [2.24, 2.45) is 5.92 Å². The third kappa shape index (κ3) is 34.9. The summed E-state index contributed by atoms with van der Waals surface area (Å²) < 4.78 is 21.4. The number of hydrogen-bond donors (Lipinski definition) is 3. The molecule has 1 atom stereocenters. The maximum Gasteiger partial charge on any atom is 0.306 e. The number of hydrogen-bond acceptors (Lipinski definition) is 9. The number of rotatable bonds is 38. The minimum absolute atomic E-state index is 0.0337. The van der Waals surface area contributed by atoms with Crippen LogP contribution in [0.15, 0.2) is 0 Å². The molecule has 0 bridgehead atoms. The third-order valence-electron chi connectivity index (χ3n) is 7.92. The van der Waals surface area contributed by atoms with E-state index in [2.05, 4.69) is 5.32 Å². The first-order chi connectivity index (χ1) is 23.2. The van der Waals surface area contributed by atoms with E-state index >= 15 is 0 Å². The zero-order valence-corrected chi connectivity index (χ0v) is 29.7. The Labute approximate surface area is 288 Å². The van der Waals surface area contributed by atoms with Crippen LogP contribution in [0.25, 0.3) is 0 Å². The van der Waals surface area contributed by atoms with E-state index in [-0.39, 0.29) is 43.2 Å². The lowest BCUT2D eigenvalue weighted by Gasteiger charge is -2.12. The summed E-state index contributed by atoms with van der Waals surface area (Å²) in [5.41, 5.74) is 0. The number of carbonyl (C=O) groups is 5. The average molecular weight is 688 g/mol. The summed E-state index contributed by atoms with van der Waals surface area (Å²) in [4.78, 5) is 57.4. The summed E-state index contributed by atoms with van der Waals surface area (Å²) in [7, 11) is 0. The molecule has 0 saturated carbocycles. The number of Topliss-reactive ketones (excluding diaryl/α,β-unsaturated/α-hetero) is 2. The van der Waals surface area contributed by atoms with Crippen LogP contribution in [-0.2, 0) is 42.9 Å². The van der Waals surface area contributed by atoms with Crippen molar-refractivity contribution in [3.05, 3.63) is 0 Å². The van der Waals surface area contributed by atoms with Gasteiger partial charge in [-0.1, -0.05) is 77.0 Å². The van der Waals surface area contributed by atoms with Crippen molar-refractivity contribution in [2.75, 3.05) is 59.4 Å². The summed E-state index contributed by atoms with van der Waals surface area (Å²) in [5, 5.41) is 20.9. The van der Waals surface area contributed by atoms with Crippen molar-refractivity contribution in [2.45, 2.75) is 135 Å². The molecule has 0 aromatic carbocycles. The van der Waals surface area contributed by atoms with Crippen LogP contribution in [0.2, 0.25) is 0 Å². The van der Waals surface area contributed by atoms with Gasteiger partial charge in [-0.2, -0.15) is 0 Å². The van der Waals surface area contributed by atoms with E-state index in [1.165, 1.54) is 51.9 Å². The quantitative estimate of drug-likeness (QED) is 0.0658. The Hall–Kier alpha value is -2.41. The lowest BCUT2D eigenvalue weighted by atomic mass is 9.94. The third-order valence-corrected chi connectivity index (χ3v) is 7.92. The van der Waals surface area contributed by atoms with Crippen molar-refractivity contribution in [3.8, 4) is 0 Å². The molecule has 0 aromatic rings. The fraction of sp³-hybridized carbons (Fsp3) is 0.861. The molecule has 0 radical (unpaired) electrons. The molecule has 3 N–H and O–H groups in total. The van der Waals surface area contributed by atoms with E-state index in [1.54, 1.807) is 0 Å². The number of carboxylic acids is 2. The summed E-state index contributed by atoms with van der Waals surface area (Å²) in [6.45, 7) is 5.03. The second-order valence-corrected chi connectivity index (χ2v) is 12.4. The molecule has 0 rings (SSSR count). The molecular weight excluding hydrogens is 622 g/mol. The second kappa shape index (κ2) is 34.5. The van der Waals surface area contributed by atoms with E-state index in [1.807, 2.05) is 0 Å². The van der Waals surface area contributed by atoms with Crippen molar-refractivity contribution in [1.82, 2.24) is 5.32 Å². The summed E-state index contributed by atoms with van der Waals surface area (Å²) in [5.74, 6) is -2.82. The highest BCUT2D eigenvalue weighted by molar-refractivity contribution is 5.84. The van der Waals surface area contributed by atoms with Gasteiger partial charge in [0, 0.05) is 38.6 Å². The number of carboxylic acid groups (broad SMARTS) is 2. The standard InChI is InChI=1S/C36H65NO11/c1-31(38)20-22-45-24-26-47-28-29-48-27-25-46-23-21-37-34(40)19-18-32(36(43)44)30-33(39)16-14-12-10-8-6-4-2-3-5-7-9-11-13-15-17-35(41)42/h32H,2-30H2,1H3,(H,37,40)(H,41,42)(H,43,44)/t32-/m1/s1. The smallest absolute Gasteiger partial charge is 0.306 e. The number of nitrogens with one attached hydrogen (secondary N) is 1. The van der Waals surface area contributed by atoms with Gasteiger partial charge < -0.3 is 34.5 Å². The molecule has 12 heteroatoms. The highest BCUT2D eigenvalue weighted by Gasteiger charge is 2.22. The van der Waals surface area contributed by atoms with Gasteiger partial charge in [-0.15, -0.1) is 0 Å². The van der Waals surface area contributed by atoms with E-state index in [0.29, 0.717) is 72.2 Å². The van der Waals surface area contributed by atoms with Gasteiger partial charge in [0.05, 0.1) is 58.8 Å². The molecule has 0 aliphatic carbocycles. The molecule has 0 aliphatic heterocycles. The molecule has 0 heterocycles. The van der Waals surface area contributed by atoms with Gasteiger partial charge in [-0.3, -0.25) is 24.0 Å². The largest absolute Gasteiger partial charge is 0.481 e. The van der Waals surface area contributed by atoms with Gasteiger partial charge in [0.25, 0.3) is 0 Å². The number of ether oxygens (including phenoxy) is 4. The molecule has 12 nitrogen and oxygen atoms in total. The van der Waals surface area contributed by atoms with Gasteiger partial charge in [-0.25, -0.2) is 0 Å². The normalized spacial score (nSPS) is 11.8. The first-order valence-corrected chi connectivity index (χ1v) is 18.3. The predicted octanol–water partition coefficient (Wildman–Crippen LogP) is 5.91. The number of amides is 1. The maximum absolute atomic E-state index is 12.4. The van der Waals surface area contributed by atoms with Gasteiger partial charge in [0.2, 0.25) is 5.91 Å². The number of carbonyl (C=O) groups excluding carboxylic acids is 3. The van der Waals surface area contributed by atoms with Crippen LogP contribution >= 0.6 is 0 Å². The summed E-state index contributed by atoms with van der Waals surface area (Å²) in [6.07, 6.45) is 16.7. The first-order valence-electron chi connectivity index (χ1n) is 18.3. The Morgan fingerprint density at radius 1 is 0.521 bits per heavy atom. The van der Waals surface area contributed by atoms with E-state index in [4.69, 9.17) is 24.1 Å². The second-order valence-electron chi connectivity index (χ2n) is 12.4. The van der Waals surface area contributed by atoms with Crippen molar-refractivity contribution < 1.29 is 53.1 Å². The molecular formula is C36H65NO11. The van der Waals surface area contributed by atoms with Gasteiger partial charge >= 0.3 is 11.9 Å². The van der Waals surface area contributed by atoms with Gasteiger partial charge in [0.15, 0.2) is 0 Å². The fourth-order valence-corrected chi connectivity index (χ4v) is 5.04. The van der Waals surface area contributed by atoms with Crippen molar-refractivity contribution in [3.63, 3.8) is 0 Å². The van der Waals surface area contributed by atoms with Crippen LogP contribution < -0.4 is 5.32 Å². The first kappa shape index (κ1) is 45.6. The Kier molecular flexibility index (Phi) is 32.7. The van der Waals surface area contributed by atoms with Crippen LogP contribution in [0.3, 0.4) is 0 Å². The predicted molar refractivity (Wildman–Crippen MR) is 183 cm³/mol. The van der Waals surface area contributed by atoms with E-state index < -0.39 is 17.9 Å². The molecule has 0 fully saturated rings. The number of unbranched alkanes of at least 4 members (excludes halogenated alkanes) is 13. The van der Waals surface area contributed by atoms with Crippen LogP contribution in [-0.4, -0.2) is 99.0 Å².